The third-order valence-corrected chi connectivity index (χ3v) is 5.03. The van der Waals surface area contributed by atoms with Crippen LogP contribution in [0.1, 0.15) is 41.4 Å². The summed E-state index contributed by atoms with van der Waals surface area (Å²) < 4.78 is 5.03. The standard InChI is InChI=1S/C21H27N5O3/c1-4-29-21(28)26-11-9-16(10-12-26)22-19-8-7-18(24-25-19)20(27)23-17-6-5-14(2)15(3)13-17/h5-8,13,16H,4,9-12H2,1-3H3,(H,22,25)(H,23,27). The molecule has 0 radical (unpaired) electrons. The van der Waals surface area contributed by atoms with Crippen molar-refractivity contribution in [3.63, 3.8) is 0 Å². The quantitative estimate of drug-likeness (QED) is 0.803. The van der Waals surface area contributed by atoms with E-state index in [9.17, 15) is 9.59 Å². The summed E-state index contributed by atoms with van der Waals surface area (Å²) in [6.45, 7) is 7.49. The van der Waals surface area contributed by atoms with Gasteiger partial charge in [-0.2, -0.15) is 0 Å². The van der Waals surface area contributed by atoms with Crippen LogP contribution in [0.4, 0.5) is 16.3 Å². The third-order valence-electron chi connectivity index (χ3n) is 5.03. The number of aromatic nitrogens is 2. The molecule has 2 heterocycles. The topological polar surface area (TPSA) is 96.5 Å². The molecule has 29 heavy (non-hydrogen) atoms. The molecule has 154 valence electrons. The number of likely N-dealkylation sites (tertiary alicyclic amines) is 1. The normalized spacial score (nSPS) is 14.4. The minimum Gasteiger partial charge on any atom is -0.450 e. The Hall–Kier alpha value is -3.16. The second kappa shape index (κ2) is 9.36. The number of rotatable bonds is 5. The van der Waals surface area contributed by atoms with Crippen molar-refractivity contribution in [2.45, 2.75) is 39.7 Å². The first-order valence-electron chi connectivity index (χ1n) is 9.87. The molecule has 1 aliphatic rings. The number of hydrogen-bond donors (Lipinski definition) is 2. The molecule has 8 heteroatoms. The van der Waals surface area contributed by atoms with E-state index in [4.69, 9.17) is 4.74 Å². The van der Waals surface area contributed by atoms with Crippen molar-refractivity contribution in [1.29, 1.82) is 0 Å². The molecule has 2 amide bonds. The average molecular weight is 397 g/mol. The Labute approximate surface area is 170 Å². The van der Waals surface area contributed by atoms with Crippen LogP contribution in [0.25, 0.3) is 0 Å². The molecule has 0 aliphatic carbocycles. The second-order valence-electron chi connectivity index (χ2n) is 7.16. The number of nitrogens with one attached hydrogen (secondary N) is 2. The van der Waals surface area contributed by atoms with E-state index in [2.05, 4.69) is 20.8 Å². The Morgan fingerprint density at radius 2 is 1.86 bits per heavy atom. The summed E-state index contributed by atoms with van der Waals surface area (Å²) in [6, 6.07) is 9.37. The fraction of sp³-hybridized carbons (Fsp3) is 0.429. The Kier molecular flexibility index (Phi) is 6.64. The summed E-state index contributed by atoms with van der Waals surface area (Å²) in [5.41, 5.74) is 3.27. The predicted molar refractivity (Wildman–Crippen MR) is 111 cm³/mol. The fourth-order valence-electron chi connectivity index (χ4n) is 3.17. The summed E-state index contributed by atoms with van der Waals surface area (Å²) in [6.07, 6.45) is 1.34. The van der Waals surface area contributed by atoms with Crippen LogP contribution in [-0.2, 0) is 4.74 Å². The SMILES string of the molecule is CCOC(=O)N1CCC(Nc2ccc(C(=O)Nc3ccc(C)c(C)c3)nn2)CC1. The highest BCUT2D eigenvalue weighted by atomic mass is 16.6. The van der Waals surface area contributed by atoms with Crippen LogP contribution < -0.4 is 10.6 Å². The van der Waals surface area contributed by atoms with Crippen molar-refractivity contribution >= 4 is 23.5 Å². The van der Waals surface area contributed by atoms with Crippen molar-refractivity contribution in [3.8, 4) is 0 Å². The maximum Gasteiger partial charge on any atom is 0.409 e. The van der Waals surface area contributed by atoms with E-state index in [-0.39, 0.29) is 23.7 Å². The number of amides is 2. The molecule has 0 saturated carbocycles. The van der Waals surface area contributed by atoms with Crippen LogP contribution in [0.2, 0.25) is 0 Å². The second-order valence-corrected chi connectivity index (χ2v) is 7.16. The van der Waals surface area contributed by atoms with Gasteiger partial charge in [-0.25, -0.2) is 4.79 Å². The molecule has 1 aromatic carbocycles. The van der Waals surface area contributed by atoms with E-state index in [0.29, 0.717) is 25.5 Å². The minimum atomic E-state index is -0.296. The molecule has 0 spiro atoms. The van der Waals surface area contributed by atoms with E-state index < -0.39 is 0 Å². The molecule has 3 rings (SSSR count). The van der Waals surface area contributed by atoms with Crippen LogP contribution in [0.3, 0.4) is 0 Å². The summed E-state index contributed by atoms with van der Waals surface area (Å²) in [7, 11) is 0. The number of nitrogens with zero attached hydrogens (tertiary/aromatic N) is 3. The number of benzene rings is 1. The molecule has 0 atom stereocenters. The van der Waals surface area contributed by atoms with Crippen LogP contribution in [-0.4, -0.2) is 52.8 Å². The summed E-state index contributed by atoms with van der Waals surface area (Å²) >= 11 is 0. The van der Waals surface area contributed by atoms with Gasteiger partial charge in [0.25, 0.3) is 5.91 Å². The first kappa shape index (κ1) is 20.6. The van der Waals surface area contributed by atoms with Gasteiger partial charge in [0.1, 0.15) is 5.82 Å². The first-order valence-corrected chi connectivity index (χ1v) is 9.87. The van der Waals surface area contributed by atoms with Crippen LogP contribution in [0, 0.1) is 13.8 Å². The number of piperidine rings is 1. The Morgan fingerprint density at radius 3 is 2.48 bits per heavy atom. The molecular weight excluding hydrogens is 370 g/mol. The van der Waals surface area contributed by atoms with Gasteiger partial charge in [0.2, 0.25) is 0 Å². The van der Waals surface area contributed by atoms with E-state index in [1.54, 1.807) is 24.0 Å². The Balaban J connectivity index is 1.52. The van der Waals surface area contributed by atoms with Gasteiger partial charge in [-0.05, 0) is 69.0 Å². The molecule has 8 nitrogen and oxygen atoms in total. The van der Waals surface area contributed by atoms with E-state index in [1.165, 1.54) is 5.56 Å². The molecule has 1 aliphatic heterocycles. The predicted octanol–water partition coefficient (Wildman–Crippen LogP) is 3.38. The van der Waals surface area contributed by atoms with E-state index in [0.717, 1.165) is 24.1 Å². The van der Waals surface area contributed by atoms with Gasteiger partial charge in [0.05, 0.1) is 6.61 Å². The van der Waals surface area contributed by atoms with Gasteiger partial charge in [-0.1, -0.05) is 6.07 Å². The fourth-order valence-corrected chi connectivity index (χ4v) is 3.17. The molecule has 2 N–H and O–H groups in total. The summed E-state index contributed by atoms with van der Waals surface area (Å²) in [4.78, 5) is 25.9. The lowest BCUT2D eigenvalue weighted by molar-refractivity contribution is 0.0982. The number of ether oxygens (including phenoxy) is 1. The highest BCUT2D eigenvalue weighted by Crippen LogP contribution is 2.17. The Bertz CT molecular complexity index is 861. The number of aryl methyl sites for hydroxylation is 2. The van der Waals surface area contributed by atoms with Gasteiger partial charge in [-0.15, -0.1) is 10.2 Å². The number of carbonyl (C=O) groups is 2. The van der Waals surface area contributed by atoms with Crippen molar-refractivity contribution in [3.05, 3.63) is 47.2 Å². The lowest BCUT2D eigenvalue weighted by Gasteiger charge is -2.31. The van der Waals surface area contributed by atoms with Gasteiger partial charge in [0.15, 0.2) is 5.69 Å². The highest BCUT2D eigenvalue weighted by molar-refractivity contribution is 6.02. The maximum atomic E-state index is 12.4. The lowest BCUT2D eigenvalue weighted by Crippen LogP contribution is -2.42. The molecule has 2 aromatic rings. The number of hydrogen-bond acceptors (Lipinski definition) is 6. The molecule has 0 unspecified atom stereocenters. The molecule has 1 saturated heterocycles. The number of anilines is 2. The highest BCUT2D eigenvalue weighted by Gasteiger charge is 2.23. The van der Waals surface area contributed by atoms with E-state index in [1.807, 2.05) is 32.0 Å². The third kappa shape index (κ3) is 5.43. The molecule has 0 bridgehead atoms. The van der Waals surface area contributed by atoms with Crippen LogP contribution in [0.5, 0.6) is 0 Å². The zero-order valence-corrected chi connectivity index (χ0v) is 17.1. The van der Waals surface area contributed by atoms with Gasteiger partial charge in [-0.3, -0.25) is 4.79 Å². The monoisotopic (exact) mass is 397 g/mol. The van der Waals surface area contributed by atoms with Crippen molar-refractivity contribution in [2.24, 2.45) is 0 Å². The summed E-state index contributed by atoms with van der Waals surface area (Å²) in [5.74, 6) is 0.317. The zero-order chi connectivity index (χ0) is 20.8. The average Bonchev–Trinajstić information content (AvgIpc) is 2.72. The van der Waals surface area contributed by atoms with Crippen LogP contribution in [0.15, 0.2) is 30.3 Å². The maximum absolute atomic E-state index is 12.4. The largest absolute Gasteiger partial charge is 0.450 e. The van der Waals surface area contributed by atoms with Crippen molar-refractivity contribution in [1.82, 2.24) is 15.1 Å². The van der Waals surface area contributed by atoms with Gasteiger partial charge in [0, 0.05) is 24.8 Å². The molecule has 1 fully saturated rings. The lowest BCUT2D eigenvalue weighted by atomic mass is 10.1. The Morgan fingerprint density at radius 1 is 1.10 bits per heavy atom. The van der Waals surface area contributed by atoms with E-state index >= 15 is 0 Å². The zero-order valence-electron chi connectivity index (χ0n) is 17.1. The summed E-state index contributed by atoms with van der Waals surface area (Å²) in [5, 5.41) is 14.3. The molecule has 1 aromatic heterocycles. The first-order chi connectivity index (χ1) is 14.0. The number of carbonyl (C=O) groups excluding carboxylic acids is 2. The smallest absolute Gasteiger partial charge is 0.409 e. The van der Waals surface area contributed by atoms with Gasteiger partial charge < -0.3 is 20.3 Å². The van der Waals surface area contributed by atoms with Crippen molar-refractivity contribution < 1.29 is 14.3 Å². The van der Waals surface area contributed by atoms with Crippen molar-refractivity contribution in [2.75, 3.05) is 30.3 Å². The molecular formula is C21H27N5O3. The minimum absolute atomic E-state index is 0.199. The van der Waals surface area contributed by atoms with Crippen LogP contribution >= 0.6 is 0 Å². The van der Waals surface area contributed by atoms with Gasteiger partial charge >= 0.3 is 6.09 Å².